The molecule has 0 aromatic carbocycles. The van der Waals surface area contributed by atoms with Crippen LogP contribution in [0.2, 0.25) is 0 Å². The van der Waals surface area contributed by atoms with Crippen molar-refractivity contribution in [3.8, 4) is 0 Å². The molecular weight excluding hydrogens is 160 g/mol. The number of allylic oxidation sites excluding steroid dienone is 1. The number of unbranched alkanes of at least 4 members (excludes halogenated alkanes) is 1. The number of rotatable bonds is 5. The third-order valence-corrected chi connectivity index (χ3v) is 2.98. The minimum absolute atomic E-state index is 0.389. The van der Waals surface area contributed by atoms with E-state index in [0.29, 0.717) is 11.7 Å². The molecule has 1 heteroatoms. The largest absolute Gasteiger partial charge is 0.299 e. The zero-order valence-corrected chi connectivity index (χ0v) is 8.59. The van der Waals surface area contributed by atoms with Crippen molar-refractivity contribution >= 4 is 5.78 Å². The van der Waals surface area contributed by atoms with E-state index in [9.17, 15) is 4.79 Å². The van der Waals surface area contributed by atoms with Crippen molar-refractivity contribution in [2.75, 3.05) is 0 Å². The van der Waals surface area contributed by atoms with Crippen LogP contribution < -0.4 is 0 Å². The average molecular weight is 180 g/mol. The van der Waals surface area contributed by atoms with Crippen molar-refractivity contribution in [1.29, 1.82) is 0 Å². The first-order chi connectivity index (χ1) is 6.24. The molecule has 0 amide bonds. The number of carbonyl (C=O) groups is 1. The lowest BCUT2D eigenvalue weighted by atomic mass is 9.97. The third-order valence-electron chi connectivity index (χ3n) is 2.98. The molecule has 0 N–H and O–H groups in total. The summed E-state index contributed by atoms with van der Waals surface area (Å²) in [6, 6.07) is 0. The highest BCUT2D eigenvalue weighted by Crippen LogP contribution is 2.31. The minimum atomic E-state index is 0.389. The zero-order chi connectivity index (χ0) is 9.68. The van der Waals surface area contributed by atoms with Gasteiger partial charge in [0.1, 0.15) is 5.78 Å². The van der Waals surface area contributed by atoms with Gasteiger partial charge in [-0.05, 0) is 38.0 Å². The first-order valence-corrected chi connectivity index (χ1v) is 5.37. The van der Waals surface area contributed by atoms with E-state index >= 15 is 0 Å². The van der Waals surface area contributed by atoms with E-state index in [1.54, 1.807) is 0 Å². The van der Waals surface area contributed by atoms with Crippen LogP contribution >= 0.6 is 0 Å². The summed E-state index contributed by atoms with van der Waals surface area (Å²) in [5.74, 6) is 1.65. The van der Waals surface area contributed by atoms with Crippen LogP contribution in [0.5, 0.6) is 0 Å². The summed E-state index contributed by atoms with van der Waals surface area (Å²) in [6.45, 7) is 5.90. The molecule has 0 aromatic rings. The summed E-state index contributed by atoms with van der Waals surface area (Å²) in [7, 11) is 0. The molecule has 0 heterocycles. The quantitative estimate of drug-likeness (QED) is 0.468. The van der Waals surface area contributed by atoms with Crippen molar-refractivity contribution in [2.45, 2.75) is 45.4 Å². The fourth-order valence-corrected chi connectivity index (χ4v) is 2.12. The summed E-state index contributed by atoms with van der Waals surface area (Å²) < 4.78 is 0. The molecule has 13 heavy (non-hydrogen) atoms. The Morgan fingerprint density at radius 2 is 2.31 bits per heavy atom. The van der Waals surface area contributed by atoms with Crippen LogP contribution in [-0.4, -0.2) is 5.78 Å². The monoisotopic (exact) mass is 180 g/mol. The lowest BCUT2D eigenvalue weighted by Gasteiger charge is -2.07. The van der Waals surface area contributed by atoms with E-state index < -0.39 is 0 Å². The normalized spacial score (nSPS) is 27.5. The Kier molecular flexibility index (Phi) is 4.20. The maximum absolute atomic E-state index is 11.6. The smallest absolute Gasteiger partial charge is 0.135 e. The Morgan fingerprint density at radius 1 is 1.54 bits per heavy atom. The van der Waals surface area contributed by atoms with Crippen molar-refractivity contribution in [3.63, 3.8) is 0 Å². The van der Waals surface area contributed by atoms with Gasteiger partial charge in [0, 0.05) is 12.3 Å². The second kappa shape index (κ2) is 5.21. The van der Waals surface area contributed by atoms with Crippen LogP contribution in [0.15, 0.2) is 12.7 Å². The molecule has 1 saturated carbocycles. The highest BCUT2D eigenvalue weighted by atomic mass is 16.1. The predicted octanol–water partition coefficient (Wildman–Crippen LogP) is 3.35. The summed E-state index contributed by atoms with van der Waals surface area (Å²) >= 11 is 0. The zero-order valence-electron chi connectivity index (χ0n) is 8.59. The third kappa shape index (κ3) is 3.33. The summed E-state index contributed by atoms with van der Waals surface area (Å²) in [4.78, 5) is 11.6. The van der Waals surface area contributed by atoms with Crippen molar-refractivity contribution in [2.24, 2.45) is 11.8 Å². The van der Waals surface area contributed by atoms with Crippen LogP contribution in [0.25, 0.3) is 0 Å². The highest BCUT2D eigenvalue weighted by Gasteiger charge is 2.26. The van der Waals surface area contributed by atoms with Crippen LogP contribution in [0, 0.1) is 11.8 Å². The van der Waals surface area contributed by atoms with Crippen LogP contribution in [0.3, 0.4) is 0 Å². The van der Waals surface area contributed by atoms with E-state index in [1.807, 2.05) is 6.08 Å². The highest BCUT2D eigenvalue weighted by molar-refractivity contribution is 5.81. The first-order valence-electron chi connectivity index (χ1n) is 5.37. The van der Waals surface area contributed by atoms with Crippen molar-refractivity contribution in [3.05, 3.63) is 12.7 Å². The molecule has 0 bridgehead atoms. The molecule has 1 nitrogen and oxygen atoms in total. The topological polar surface area (TPSA) is 17.1 Å². The van der Waals surface area contributed by atoms with Gasteiger partial charge in [0.15, 0.2) is 0 Å². The SMILES string of the molecule is C=CCCCC(=O)C1CCC(C)C1. The van der Waals surface area contributed by atoms with E-state index in [0.717, 1.165) is 38.0 Å². The Balaban J connectivity index is 2.19. The van der Waals surface area contributed by atoms with Crippen molar-refractivity contribution < 1.29 is 4.79 Å². The van der Waals surface area contributed by atoms with Crippen LogP contribution in [0.4, 0.5) is 0 Å². The standard InChI is InChI=1S/C12H20O/c1-3-4-5-6-12(13)11-8-7-10(2)9-11/h3,10-11H,1,4-9H2,2H3. The number of Topliss-reactive ketones (excluding diaryl/α,β-unsaturated/α-hetero) is 1. The number of hydrogen-bond donors (Lipinski definition) is 0. The molecule has 0 saturated heterocycles. The Bertz CT molecular complexity index is 184. The van der Waals surface area contributed by atoms with Gasteiger partial charge in [-0.15, -0.1) is 6.58 Å². The molecule has 1 rings (SSSR count). The number of hydrogen-bond acceptors (Lipinski definition) is 1. The Labute approximate surface area is 81.2 Å². The van der Waals surface area contributed by atoms with Gasteiger partial charge in [-0.3, -0.25) is 4.79 Å². The lowest BCUT2D eigenvalue weighted by Crippen LogP contribution is -2.10. The van der Waals surface area contributed by atoms with E-state index in [4.69, 9.17) is 0 Å². The van der Waals surface area contributed by atoms with Gasteiger partial charge in [-0.1, -0.05) is 13.0 Å². The van der Waals surface area contributed by atoms with Gasteiger partial charge in [-0.25, -0.2) is 0 Å². The molecule has 0 spiro atoms. The molecule has 2 unspecified atom stereocenters. The van der Waals surface area contributed by atoms with Gasteiger partial charge in [0.2, 0.25) is 0 Å². The molecule has 1 aliphatic carbocycles. The Hall–Kier alpha value is -0.590. The van der Waals surface area contributed by atoms with Gasteiger partial charge in [-0.2, -0.15) is 0 Å². The van der Waals surface area contributed by atoms with E-state index in [2.05, 4.69) is 13.5 Å². The van der Waals surface area contributed by atoms with Gasteiger partial charge >= 0.3 is 0 Å². The Morgan fingerprint density at radius 3 is 2.85 bits per heavy atom. The molecule has 0 aliphatic heterocycles. The van der Waals surface area contributed by atoms with Crippen molar-refractivity contribution in [1.82, 2.24) is 0 Å². The maximum Gasteiger partial charge on any atom is 0.135 e. The second-order valence-corrected chi connectivity index (χ2v) is 4.26. The predicted molar refractivity (Wildman–Crippen MR) is 55.6 cm³/mol. The number of carbonyl (C=O) groups excluding carboxylic acids is 1. The first kappa shape index (κ1) is 10.5. The molecule has 0 radical (unpaired) electrons. The molecule has 74 valence electrons. The van der Waals surface area contributed by atoms with E-state index in [-0.39, 0.29) is 0 Å². The maximum atomic E-state index is 11.6. The van der Waals surface area contributed by atoms with Gasteiger partial charge < -0.3 is 0 Å². The summed E-state index contributed by atoms with van der Waals surface area (Å²) in [6.07, 6.45) is 8.15. The van der Waals surface area contributed by atoms with Crippen LogP contribution in [-0.2, 0) is 4.79 Å². The van der Waals surface area contributed by atoms with Gasteiger partial charge in [0.05, 0.1) is 0 Å². The summed E-state index contributed by atoms with van der Waals surface area (Å²) in [5, 5.41) is 0. The second-order valence-electron chi connectivity index (χ2n) is 4.26. The van der Waals surface area contributed by atoms with Gasteiger partial charge in [0.25, 0.3) is 0 Å². The molecule has 0 aromatic heterocycles. The average Bonchev–Trinajstić information content (AvgIpc) is 2.52. The minimum Gasteiger partial charge on any atom is -0.299 e. The lowest BCUT2D eigenvalue weighted by molar-refractivity contribution is -0.122. The molecule has 2 atom stereocenters. The fraction of sp³-hybridized carbons (Fsp3) is 0.750. The number of ketones is 1. The summed E-state index contributed by atoms with van der Waals surface area (Å²) in [5.41, 5.74) is 0. The fourth-order valence-electron chi connectivity index (χ4n) is 2.12. The van der Waals surface area contributed by atoms with Crippen LogP contribution in [0.1, 0.15) is 45.4 Å². The molecule has 1 aliphatic rings. The molecular formula is C12H20O. The van der Waals surface area contributed by atoms with E-state index in [1.165, 1.54) is 6.42 Å². The molecule has 1 fully saturated rings.